The molecule has 0 bridgehead atoms. The van der Waals surface area contributed by atoms with E-state index < -0.39 is 57.2 Å². The van der Waals surface area contributed by atoms with Crippen molar-refractivity contribution in [3.05, 3.63) is 257 Å². The molecule has 131 heavy (non-hydrogen) atoms. The summed E-state index contributed by atoms with van der Waals surface area (Å²) in [5.74, 6) is 0.258. The molecular formula is C98H106Cl2N14O15S2. The van der Waals surface area contributed by atoms with Crippen molar-refractivity contribution >= 4 is 111 Å². The van der Waals surface area contributed by atoms with E-state index in [9.17, 15) is 46.7 Å². The van der Waals surface area contributed by atoms with Crippen molar-refractivity contribution in [1.82, 2.24) is 49.1 Å². The molecular weight excluding hydrogens is 1750 g/mol. The summed E-state index contributed by atoms with van der Waals surface area (Å²) in [7, 11) is -5.62. The van der Waals surface area contributed by atoms with Crippen LogP contribution >= 0.6 is 23.2 Å². The first-order valence-electron chi connectivity index (χ1n) is 44.4. The van der Waals surface area contributed by atoms with Gasteiger partial charge in [0.15, 0.2) is 0 Å². The minimum absolute atomic E-state index is 0.0347. The number of carbonyl (C=O) groups is 2. The highest BCUT2D eigenvalue weighted by atomic mass is 35.5. The summed E-state index contributed by atoms with van der Waals surface area (Å²) in [5.41, 5.74) is 12.1. The molecule has 10 heterocycles. The number of benzene rings is 6. The first kappa shape index (κ1) is 90.9. The molecule has 4 N–H and O–H groups in total. The molecule has 18 rings (SSSR count). The topological polar surface area (TPSA) is 345 Å². The molecule has 0 saturated carbocycles. The largest absolute Gasteiger partial charge is 0.495 e. The predicted octanol–water partition coefficient (Wildman–Crippen LogP) is 18.1. The van der Waals surface area contributed by atoms with Gasteiger partial charge in [-0.05, 0) is 227 Å². The molecule has 3 saturated heterocycles. The molecule has 6 aromatic carbocycles. The van der Waals surface area contributed by atoms with Crippen molar-refractivity contribution in [2.24, 2.45) is 28.6 Å². The average Bonchev–Trinajstić information content (AvgIpc) is 1.44. The van der Waals surface area contributed by atoms with E-state index in [0.717, 1.165) is 173 Å². The molecule has 3 fully saturated rings. The lowest BCUT2D eigenvalue weighted by Crippen LogP contribution is -2.47. The molecule has 5 aliphatic heterocycles. The minimum atomic E-state index is -4.66. The van der Waals surface area contributed by atoms with Crippen LogP contribution in [0.4, 0.5) is 22.7 Å². The Bertz CT molecular complexity index is 6460. The smallest absolute Gasteiger partial charge is 0.277 e. The van der Waals surface area contributed by atoms with Gasteiger partial charge in [0.1, 0.15) is 51.5 Å². The first-order chi connectivity index (χ1) is 62.9. The number of piperazine rings is 2. The third kappa shape index (κ3) is 21.5. The van der Waals surface area contributed by atoms with Gasteiger partial charge in [-0.25, -0.2) is 36.2 Å². The molecule has 5 aromatic heterocycles. The second kappa shape index (κ2) is 38.5. The Morgan fingerprint density at radius 2 is 0.977 bits per heavy atom. The van der Waals surface area contributed by atoms with E-state index in [1.807, 2.05) is 42.5 Å². The number of methoxy groups -OCH3 is 1. The number of H-pyrrole nitrogens is 2. The van der Waals surface area contributed by atoms with Crippen molar-refractivity contribution < 1.29 is 60.0 Å². The zero-order valence-electron chi connectivity index (χ0n) is 74.0. The van der Waals surface area contributed by atoms with Crippen LogP contribution in [0, 0.1) is 48.8 Å². The number of aromatic nitrogens is 5. The van der Waals surface area contributed by atoms with Crippen LogP contribution in [-0.4, -0.2) is 184 Å². The van der Waals surface area contributed by atoms with Gasteiger partial charge in [0, 0.05) is 158 Å². The molecule has 11 aromatic rings. The fraction of sp³-hybridized carbons (Fsp3) is 0.378. The number of halogens is 2. The monoisotopic (exact) mass is 1850 g/mol. The minimum Gasteiger partial charge on any atom is -0.495 e. The number of anilines is 2. The third-order valence-electron chi connectivity index (χ3n) is 26.4. The maximum absolute atomic E-state index is 14.1. The van der Waals surface area contributed by atoms with Crippen LogP contribution in [0.1, 0.15) is 134 Å². The maximum Gasteiger partial charge on any atom is 0.277 e. The van der Waals surface area contributed by atoms with Crippen LogP contribution in [-0.2, 0) is 39.3 Å². The van der Waals surface area contributed by atoms with Crippen molar-refractivity contribution in [2.45, 2.75) is 115 Å². The molecule has 0 radical (unpaired) electrons. The number of fused-ring (bicyclic) bond motifs is 4. The zero-order valence-corrected chi connectivity index (χ0v) is 77.2. The number of rotatable bonds is 25. The van der Waals surface area contributed by atoms with Gasteiger partial charge in [-0.15, -0.1) is 0 Å². The summed E-state index contributed by atoms with van der Waals surface area (Å²) in [6.45, 7) is 19.8. The molecule has 2 atom stereocenters. The van der Waals surface area contributed by atoms with Gasteiger partial charge in [0.05, 0.1) is 80.8 Å². The van der Waals surface area contributed by atoms with Crippen LogP contribution < -0.4 is 42.9 Å². The summed E-state index contributed by atoms with van der Waals surface area (Å²) < 4.78 is 90.0. The van der Waals surface area contributed by atoms with Gasteiger partial charge in [0.25, 0.3) is 43.2 Å². The van der Waals surface area contributed by atoms with Crippen LogP contribution in [0.3, 0.4) is 0 Å². The van der Waals surface area contributed by atoms with E-state index in [4.69, 9.17) is 46.9 Å². The summed E-state index contributed by atoms with van der Waals surface area (Å²) >= 11 is 12.5. The first-order valence-corrected chi connectivity index (χ1v) is 48.2. The number of piperidine rings is 1. The number of amides is 2. The number of nitro benzene ring substituents is 2. The number of sulfonamides is 2. The maximum atomic E-state index is 14.1. The molecule has 29 nitrogen and oxygen atoms in total. The number of likely N-dealkylation sites (tertiary alicyclic amines) is 1. The predicted molar refractivity (Wildman–Crippen MR) is 505 cm³/mol. The fourth-order valence-corrected chi connectivity index (χ4v) is 21.3. The lowest BCUT2D eigenvalue weighted by atomic mass is 9.72. The molecule has 33 heteroatoms. The molecule has 0 unspecified atom stereocenters. The molecule has 0 spiro atoms. The van der Waals surface area contributed by atoms with Crippen molar-refractivity contribution in [3.63, 3.8) is 0 Å². The quantitative estimate of drug-likeness (QED) is 0.0305. The van der Waals surface area contributed by atoms with Crippen LogP contribution in [0.25, 0.3) is 33.2 Å². The Labute approximate surface area is 771 Å². The van der Waals surface area contributed by atoms with E-state index in [1.165, 1.54) is 64.0 Å². The van der Waals surface area contributed by atoms with Crippen molar-refractivity contribution in [1.29, 1.82) is 0 Å². The second-order valence-electron chi connectivity index (χ2n) is 37.0. The average molecular weight is 1860 g/mol. The SMILES string of the molecule is CN1CCC(C[C@@H]2COc3cc(S(=O)(=O)NC(=O)c4ccc(N5CCN(CC6=C(c7ccc(Cl)cc7)CC(C)(C)CC6)CC5)cc4Oc4cnc5[nH]ccc5c4)cc([N+](=O)[O-])c3C2)CC1.COc1ccc(C[C@@H]2COc3cc(S(=O)(=O)NC(=O)c4ccc(N5CCN(CC6=C(c7ccc(Cl)cc7)CC(C)(C)CC6)CC5)cc4Oc4cnc5[nH]ccc5c4)cc([N+](=O)[O-])c3C2)nc1. The number of nitro groups is 2. The number of hydrogen-bond donors (Lipinski definition) is 4. The molecule has 2 amide bonds. The second-order valence-corrected chi connectivity index (χ2v) is 41.2. The number of nitrogens with one attached hydrogen (secondary N) is 4. The summed E-state index contributed by atoms with van der Waals surface area (Å²) in [4.78, 5) is 82.0. The number of aromatic amines is 2. The number of nitrogens with zero attached hydrogens (tertiary/aromatic N) is 10. The number of pyridine rings is 3. The number of ether oxygens (including phenoxy) is 5. The van der Waals surface area contributed by atoms with Crippen LogP contribution in [0.2, 0.25) is 10.0 Å². The van der Waals surface area contributed by atoms with Crippen LogP contribution in [0.15, 0.2) is 198 Å². The number of hydrogen-bond acceptors (Lipinski definition) is 23. The number of allylic oxidation sites excluding steroid dienone is 2. The van der Waals surface area contributed by atoms with Gasteiger partial charge in [-0.1, -0.05) is 86.3 Å². The van der Waals surface area contributed by atoms with Gasteiger partial charge >= 0.3 is 0 Å². The Balaban J connectivity index is 0.000000183. The Kier molecular flexibility index (Phi) is 26.7. The van der Waals surface area contributed by atoms with E-state index >= 15 is 0 Å². The van der Waals surface area contributed by atoms with E-state index in [0.29, 0.717) is 72.6 Å². The van der Waals surface area contributed by atoms with Crippen molar-refractivity contribution in [2.75, 3.05) is 116 Å². The van der Waals surface area contributed by atoms with E-state index in [-0.39, 0.29) is 81.1 Å². The molecule has 684 valence electrons. The zero-order chi connectivity index (χ0) is 91.6. The standard InChI is InChI=1S/C49H50ClN7O8S.C49H56ClN7O7S/c1-49(2)14-12-34(43(26-49)32-4-6-35(50)7-5-32)29-55-16-18-56(19-17-55)37-9-11-41(46(23-37)65-39-22-33-13-15-51-47(33)53-28-39)48(58)54-66(61,62)40-24-44(57(59)60)42-21-31(30-64-45(42)25-40)20-36-8-10-38(63-3)27-52-36;1-49(2)14-10-36(43(28-49)34-4-6-37(50)7-5-34)30-55-18-20-56(21-19-55)38-8-9-41(46(25-38)64-39-24-35-11-15-51-47(35)52-29-39)48(58)53-65(61,62)40-26-44(57(59)60)42-23-33(31-63-45(42)27-40)22-32-12-16-54(3)17-13-32/h4-11,13,15,22-25,27-28,31H,12,14,16-21,26,29-30H2,1-3H3,(H,51,53)(H,54,58);4-9,11,15,24-27,29,32-33H,10,12-14,16-23,28,30-31H2,1-3H3,(H,51,52)(H,53,58)/t31-;33-/m00/s1. The summed E-state index contributed by atoms with van der Waals surface area (Å²) in [6, 6.07) is 41.8. The Hall–Kier alpha value is -12.0. The number of carbonyl (C=O) groups excluding carboxylic acids is 2. The summed E-state index contributed by atoms with van der Waals surface area (Å²) in [5, 5.41) is 27.8. The Morgan fingerprint density at radius 1 is 0.534 bits per heavy atom. The molecule has 2 aliphatic carbocycles. The van der Waals surface area contributed by atoms with E-state index in [1.54, 1.807) is 74.2 Å². The van der Waals surface area contributed by atoms with Gasteiger partial charge < -0.3 is 48.4 Å². The highest BCUT2D eigenvalue weighted by Crippen LogP contribution is 2.48. The third-order valence-corrected chi connectivity index (χ3v) is 29.6. The lowest BCUT2D eigenvalue weighted by Gasteiger charge is -2.39. The van der Waals surface area contributed by atoms with Crippen molar-refractivity contribution in [3.8, 4) is 40.2 Å². The van der Waals surface area contributed by atoms with Gasteiger partial charge in [0.2, 0.25) is 0 Å². The normalized spacial score (nSPS) is 18.6. The fourth-order valence-electron chi connectivity index (χ4n) is 19.1. The van der Waals surface area contributed by atoms with E-state index in [2.05, 4.69) is 118 Å². The van der Waals surface area contributed by atoms with Gasteiger partial charge in [-0.2, -0.15) is 0 Å². The van der Waals surface area contributed by atoms with Gasteiger partial charge in [-0.3, -0.25) is 44.6 Å². The summed E-state index contributed by atoms with van der Waals surface area (Å²) in [6.07, 6.45) is 18.7. The highest BCUT2D eigenvalue weighted by Gasteiger charge is 2.39. The highest BCUT2D eigenvalue weighted by molar-refractivity contribution is 7.90. The molecule has 7 aliphatic rings. The van der Waals surface area contributed by atoms with Crippen LogP contribution in [0.5, 0.6) is 40.2 Å². The lowest BCUT2D eigenvalue weighted by molar-refractivity contribution is -0.386. The Morgan fingerprint density at radius 3 is 1.41 bits per heavy atom.